The molecule has 0 unspecified atom stereocenters. The summed E-state index contributed by atoms with van der Waals surface area (Å²) in [4.78, 5) is 28.3. The fourth-order valence-electron chi connectivity index (χ4n) is 4.54. The Kier molecular flexibility index (Phi) is 8.59. The lowest BCUT2D eigenvalue weighted by Crippen LogP contribution is -2.42. The Balaban J connectivity index is 0.000000517. The summed E-state index contributed by atoms with van der Waals surface area (Å²) in [6, 6.07) is 19.2. The number of sulfonamides is 1. The van der Waals surface area contributed by atoms with Crippen molar-refractivity contribution in [2.75, 3.05) is 26.4 Å². The zero-order valence-electron chi connectivity index (χ0n) is 22.5. The molecule has 4 aromatic rings. The quantitative estimate of drug-likeness (QED) is 0.336. The molecule has 1 aliphatic rings. The molecule has 3 N–H and O–H groups in total. The monoisotopic (exact) mass is 604 g/mol. The number of alkyl halides is 3. The number of carboxylic acid groups (broad SMARTS) is 1. The molecule has 1 saturated heterocycles. The molecule has 5 rings (SSSR count). The summed E-state index contributed by atoms with van der Waals surface area (Å²) >= 11 is 0. The van der Waals surface area contributed by atoms with Gasteiger partial charge in [0.15, 0.2) is 0 Å². The summed E-state index contributed by atoms with van der Waals surface area (Å²) < 4.78 is 65.0. The number of likely N-dealkylation sites (tertiary alicyclic amines) is 1. The number of likely N-dealkylation sites (N-methyl/N-ethyl adjacent to an activating group) is 1. The van der Waals surface area contributed by atoms with Crippen LogP contribution in [0.5, 0.6) is 5.75 Å². The first-order chi connectivity index (χ1) is 19.7. The number of rotatable bonds is 6. The summed E-state index contributed by atoms with van der Waals surface area (Å²) in [7, 11) is -0.837. The number of ether oxygens (including phenoxy) is 1. The molecule has 0 spiro atoms. The first-order valence-electron chi connectivity index (χ1n) is 12.5. The van der Waals surface area contributed by atoms with Crippen LogP contribution in [0, 0.1) is 0 Å². The first-order valence-corrected chi connectivity index (χ1v) is 13.9. The number of fused-ring (bicyclic) bond motifs is 2. The molecule has 0 bridgehead atoms. The average Bonchev–Trinajstić information content (AvgIpc) is 3.30. The number of halogens is 3. The second-order valence-corrected chi connectivity index (χ2v) is 11.5. The second kappa shape index (κ2) is 11.8. The molecule has 1 amide bonds. The number of hydrogen-bond acceptors (Lipinski definition) is 7. The van der Waals surface area contributed by atoms with Crippen molar-refractivity contribution in [3.63, 3.8) is 0 Å². The van der Waals surface area contributed by atoms with Crippen LogP contribution in [0.1, 0.15) is 12.0 Å². The number of nitrogens with two attached hydrogens (primary N) is 1. The van der Waals surface area contributed by atoms with E-state index in [2.05, 4.69) is 4.98 Å². The molecule has 1 aromatic heterocycles. The highest BCUT2D eigenvalue weighted by Gasteiger charge is 2.40. The maximum Gasteiger partial charge on any atom is 0.490 e. The second-order valence-electron chi connectivity index (χ2n) is 9.53. The van der Waals surface area contributed by atoms with Gasteiger partial charge in [0, 0.05) is 25.5 Å². The SMILES string of the molecule is COc1ccc2ccc(S(=O)(=O)N(C)[C@H]3CCN(Cc4ccc5ccc(N)nc5c4)C3=O)cc2c1.O=C(O)C(F)(F)F. The van der Waals surface area contributed by atoms with Crippen LogP contribution in [0.4, 0.5) is 19.0 Å². The van der Waals surface area contributed by atoms with E-state index in [1.807, 2.05) is 36.4 Å². The lowest BCUT2D eigenvalue weighted by Gasteiger charge is -2.24. The Morgan fingerprint density at radius 1 is 1.07 bits per heavy atom. The van der Waals surface area contributed by atoms with Gasteiger partial charge in [-0.2, -0.15) is 17.5 Å². The van der Waals surface area contributed by atoms with Gasteiger partial charge in [-0.25, -0.2) is 18.2 Å². The molecular weight excluding hydrogens is 577 g/mol. The number of carbonyl (C=O) groups is 2. The van der Waals surface area contributed by atoms with Gasteiger partial charge in [0.25, 0.3) is 0 Å². The third-order valence-corrected chi connectivity index (χ3v) is 8.66. The van der Waals surface area contributed by atoms with E-state index in [1.54, 1.807) is 42.3 Å². The van der Waals surface area contributed by atoms with Crippen molar-refractivity contribution in [1.82, 2.24) is 14.2 Å². The number of carbonyl (C=O) groups excluding carboxylic acids is 1. The highest BCUT2D eigenvalue weighted by atomic mass is 32.2. The van der Waals surface area contributed by atoms with Crippen LogP contribution >= 0.6 is 0 Å². The van der Waals surface area contributed by atoms with Crippen molar-refractivity contribution in [2.24, 2.45) is 0 Å². The molecule has 0 saturated carbocycles. The van der Waals surface area contributed by atoms with Gasteiger partial charge in [0.2, 0.25) is 15.9 Å². The molecule has 0 aliphatic carbocycles. The van der Waals surface area contributed by atoms with Gasteiger partial charge in [0.1, 0.15) is 17.6 Å². The van der Waals surface area contributed by atoms with E-state index < -0.39 is 28.2 Å². The van der Waals surface area contributed by atoms with E-state index in [-0.39, 0.29) is 10.8 Å². The molecule has 222 valence electrons. The van der Waals surface area contributed by atoms with Crippen LogP contribution in [-0.4, -0.2) is 72.5 Å². The van der Waals surface area contributed by atoms with Gasteiger partial charge >= 0.3 is 12.1 Å². The fourth-order valence-corrected chi connectivity index (χ4v) is 5.92. The normalized spacial score (nSPS) is 15.6. The van der Waals surface area contributed by atoms with Gasteiger partial charge in [-0.15, -0.1) is 0 Å². The Morgan fingerprint density at radius 2 is 1.71 bits per heavy atom. The smallest absolute Gasteiger partial charge is 0.490 e. The Morgan fingerprint density at radius 3 is 2.38 bits per heavy atom. The van der Waals surface area contributed by atoms with E-state index in [1.165, 1.54) is 11.4 Å². The Bertz CT molecular complexity index is 1760. The van der Waals surface area contributed by atoms with Gasteiger partial charge in [-0.3, -0.25) is 4.79 Å². The fraction of sp³-hybridized carbons (Fsp3) is 0.250. The van der Waals surface area contributed by atoms with E-state index in [0.717, 1.165) is 27.2 Å². The molecule has 1 aliphatic heterocycles. The van der Waals surface area contributed by atoms with Crippen LogP contribution in [0.15, 0.2) is 71.6 Å². The van der Waals surface area contributed by atoms with Gasteiger partial charge in [-0.1, -0.05) is 24.3 Å². The number of methoxy groups -OCH3 is 1. The van der Waals surface area contributed by atoms with E-state index in [9.17, 15) is 26.4 Å². The molecular formula is C28H27F3N4O6S. The molecule has 2 heterocycles. The minimum atomic E-state index is -5.08. The highest BCUT2D eigenvalue weighted by Crippen LogP contribution is 2.28. The number of amides is 1. The van der Waals surface area contributed by atoms with Crippen LogP contribution in [0.3, 0.4) is 0 Å². The van der Waals surface area contributed by atoms with Crippen LogP contribution in [0.25, 0.3) is 21.7 Å². The number of anilines is 1. The number of benzene rings is 3. The molecule has 1 fully saturated rings. The number of aliphatic carboxylic acids is 1. The molecule has 0 radical (unpaired) electrons. The Hall–Kier alpha value is -4.43. The third-order valence-electron chi connectivity index (χ3n) is 6.80. The summed E-state index contributed by atoms with van der Waals surface area (Å²) in [5.41, 5.74) is 7.48. The van der Waals surface area contributed by atoms with Gasteiger partial charge in [-0.05, 0) is 65.2 Å². The molecule has 10 nitrogen and oxygen atoms in total. The molecule has 3 aromatic carbocycles. The maximum absolute atomic E-state index is 13.4. The zero-order chi connectivity index (χ0) is 30.8. The average molecular weight is 605 g/mol. The maximum atomic E-state index is 13.4. The van der Waals surface area contributed by atoms with Crippen molar-refractivity contribution in [3.05, 3.63) is 72.3 Å². The minimum absolute atomic E-state index is 0.144. The van der Waals surface area contributed by atoms with Crippen molar-refractivity contribution in [1.29, 1.82) is 0 Å². The lowest BCUT2D eigenvalue weighted by atomic mass is 10.1. The van der Waals surface area contributed by atoms with E-state index >= 15 is 0 Å². The first kappa shape index (κ1) is 30.5. The number of hydrogen-bond donors (Lipinski definition) is 2. The number of pyridine rings is 1. The lowest BCUT2D eigenvalue weighted by molar-refractivity contribution is -0.192. The van der Waals surface area contributed by atoms with Crippen molar-refractivity contribution in [3.8, 4) is 5.75 Å². The van der Waals surface area contributed by atoms with E-state index in [0.29, 0.717) is 31.1 Å². The predicted octanol–water partition coefficient (Wildman–Crippen LogP) is 4.03. The zero-order valence-corrected chi connectivity index (χ0v) is 23.3. The predicted molar refractivity (Wildman–Crippen MR) is 149 cm³/mol. The number of nitrogens with zero attached hydrogens (tertiary/aromatic N) is 3. The Labute approximate surface area is 239 Å². The third kappa shape index (κ3) is 6.55. The summed E-state index contributed by atoms with van der Waals surface area (Å²) in [5, 5.41) is 9.75. The summed E-state index contributed by atoms with van der Waals surface area (Å²) in [5.74, 6) is -1.88. The van der Waals surface area contributed by atoms with Crippen molar-refractivity contribution in [2.45, 2.75) is 30.1 Å². The number of aromatic nitrogens is 1. The topological polar surface area (TPSA) is 143 Å². The largest absolute Gasteiger partial charge is 0.497 e. The van der Waals surface area contributed by atoms with Crippen LogP contribution in [0.2, 0.25) is 0 Å². The van der Waals surface area contributed by atoms with Gasteiger partial charge < -0.3 is 20.5 Å². The number of carboxylic acids is 1. The van der Waals surface area contributed by atoms with E-state index in [4.69, 9.17) is 20.4 Å². The molecule has 14 heteroatoms. The summed E-state index contributed by atoms with van der Waals surface area (Å²) in [6.45, 7) is 0.853. The molecule has 42 heavy (non-hydrogen) atoms. The number of nitrogen functional groups attached to an aromatic ring is 1. The standard InChI is InChI=1S/C26H26N4O4S.C2HF3O2/c1-29(35(32,33)22-9-6-18-5-8-21(34-2)14-20(18)15-22)24-11-12-30(26(24)31)16-17-3-4-19-7-10-25(27)28-23(19)13-17;3-2(4,5)1(6)7/h3-10,13-15,24H,11-12,16H2,1-2H3,(H2,27,28);(H,6,7)/t24-;/m0./s1. The van der Waals surface area contributed by atoms with Gasteiger partial charge in [0.05, 0.1) is 17.5 Å². The molecule has 1 atom stereocenters. The summed E-state index contributed by atoms with van der Waals surface area (Å²) in [6.07, 6.45) is -4.66. The van der Waals surface area contributed by atoms with Crippen LogP contribution < -0.4 is 10.5 Å². The van der Waals surface area contributed by atoms with Crippen LogP contribution in [-0.2, 0) is 26.2 Å². The van der Waals surface area contributed by atoms with Crippen molar-refractivity contribution < 1.29 is 41.0 Å². The minimum Gasteiger partial charge on any atom is -0.497 e. The highest BCUT2D eigenvalue weighted by molar-refractivity contribution is 7.89. The van der Waals surface area contributed by atoms with Crippen molar-refractivity contribution >= 4 is 49.4 Å².